The number of hydrogen-bond acceptors (Lipinski definition) is 6. The zero-order valence-electron chi connectivity index (χ0n) is 42.0. The summed E-state index contributed by atoms with van der Waals surface area (Å²) >= 11 is 0. The summed E-state index contributed by atoms with van der Waals surface area (Å²) in [5.74, 6) is 2.46. The normalized spacial score (nSPS) is 12.3. The Kier molecular flexibility index (Phi) is 8.57. The van der Waals surface area contributed by atoms with Gasteiger partial charge in [-0.3, -0.25) is 13.7 Å². The molecule has 0 aliphatic heterocycles. The Bertz CT molecular complexity index is 5020. The minimum absolute atomic E-state index is 0.273. The molecule has 18 rings (SSSR count). The molecule has 0 unspecified atom stereocenters. The predicted octanol–water partition coefficient (Wildman–Crippen LogP) is 15.4. The lowest BCUT2D eigenvalue weighted by Crippen LogP contribution is -2.52. The Morgan fingerprint density at radius 2 is 0.532 bits per heavy atom. The fourth-order valence-corrected chi connectivity index (χ4v) is 13.2. The smallest absolute Gasteiger partial charge is 0.247 e. The standard InChI is InChI=1S/C69H39BN6O3/c1-7-19-49-43(13-1)64-52(28-31-58-67(64)46-16-4-10-22-55(46)77-58)74(49)61-34-25-40(37-71-61)70(41-26-35-62(72-38-41)75-50-20-8-2-14-44(50)65-53(75)29-32-59-68(65)47-17-5-11-23-56(47)78-59)42-27-36-63(73-39-42)76-51-21-9-3-15-45(51)66-54(76)30-33-60-69(66)48-18-6-12-24-57(48)79-60/h1-39H. The summed E-state index contributed by atoms with van der Waals surface area (Å²) in [5, 5.41) is 13.5. The highest BCUT2D eigenvalue weighted by molar-refractivity contribution is 6.95. The lowest BCUT2D eigenvalue weighted by atomic mass is 9.37. The molecule has 9 nitrogen and oxygen atoms in total. The van der Waals surface area contributed by atoms with Crippen molar-refractivity contribution in [2.45, 2.75) is 0 Å². The molecule has 9 heterocycles. The zero-order chi connectivity index (χ0) is 51.4. The molecule has 366 valence electrons. The van der Waals surface area contributed by atoms with Crippen LogP contribution in [-0.2, 0) is 0 Å². The fraction of sp³-hybridized carbons (Fsp3) is 0. The number of para-hydroxylation sites is 6. The van der Waals surface area contributed by atoms with E-state index >= 15 is 0 Å². The first kappa shape index (κ1) is 42.5. The van der Waals surface area contributed by atoms with Crippen LogP contribution in [0, 0.1) is 0 Å². The van der Waals surface area contributed by atoms with Crippen LogP contribution in [0.5, 0.6) is 0 Å². The molecule has 0 amide bonds. The highest BCUT2D eigenvalue weighted by Crippen LogP contribution is 2.44. The van der Waals surface area contributed by atoms with Crippen molar-refractivity contribution in [2.24, 2.45) is 0 Å². The van der Waals surface area contributed by atoms with E-state index in [1.54, 1.807) is 0 Å². The maximum atomic E-state index is 6.39. The molecular weight excluding hydrogens is 972 g/mol. The van der Waals surface area contributed by atoms with Crippen molar-refractivity contribution in [2.75, 3.05) is 0 Å². The number of furan rings is 3. The second-order valence-electron chi connectivity index (χ2n) is 20.6. The number of aromatic nitrogens is 6. The molecule has 10 heteroatoms. The van der Waals surface area contributed by atoms with Gasteiger partial charge in [0, 0.05) is 83.2 Å². The summed E-state index contributed by atoms with van der Waals surface area (Å²) in [5.41, 5.74) is 14.7. The predicted molar refractivity (Wildman–Crippen MR) is 322 cm³/mol. The molecule has 0 bridgehead atoms. The van der Waals surface area contributed by atoms with Crippen LogP contribution in [-0.4, -0.2) is 35.4 Å². The van der Waals surface area contributed by atoms with Gasteiger partial charge in [-0.1, -0.05) is 144 Å². The minimum Gasteiger partial charge on any atom is -0.456 e. The molecule has 0 saturated carbocycles. The van der Waals surface area contributed by atoms with Crippen molar-refractivity contribution >= 4 is 154 Å². The van der Waals surface area contributed by atoms with Gasteiger partial charge in [0.1, 0.15) is 51.0 Å². The highest BCUT2D eigenvalue weighted by Gasteiger charge is 2.27. The van der Waals surface area contributed by atoms with E-state index in [1.165, 1.54) is 0 Å². The average molecular weight is 1010 g/mol. The van der Waals surface area contributed by atoms with Gasteiger partial charge in [-0.05, 0) is 91.0 Å². The van der Waals surface area contributed by atoms with Crippen LogP contribution < -0.4 is 16.4 Å². The quantitative estimate of drug-likeness (QED) is 0.154. The molecule has 9 aromatic carbocycles. The number of nitrogens with zero attached hydrogens (tertiary/aromatic N) is 6. The Morgan fingerprint density at radius 3 is 0.835 bits per heavy atom. The van der Waals surface area contributed by atoms with Crippen molar-refractivity contribution in [3.05, 3.63) is 237 Å². The largest absolute Gasteiger partial charge is 0.456 e. The maximum Gasteiger partial charge on any atom is 0.247 e. The van der Waals surface area contributed by atoms with E-state index < -0.39 is 0 Å². The number of fused-ring (bicyclic) bond motifs is 21. The highest BCUT2D eigenvalue weighted by atomic mass is 16.3. The van der Waals surface area contributed by atoms with Crippen LogP contribution in [0.25, 0.3) is 149 Å². The average Bonchev–Trinajstić information content (AvgIpc) is 4.30. The first-order valence-corrected chi connectivity index (χ1v) is 26.6. The van der Waals surface area contributed by atoms with Gasteiger partial charge < -0.3 is 13.3 Å². The Balaban J connectivity index is 0.804. The van der Waals surface area contributed by atoms with Crippen molar-refractivity contribution in [1.29, 1.82) is 0 Å². The summed E-state index contributed by atoms with van der Waals surface area (Å²) in [7, 11) is 0. The molecule has 0 N–H and O–H groups in total. The van der Waals surface area contributed by atoms with Gasteiger partial charge in [-0.15, -0.1) is 0 Å². The van der Waals surface area contributed by atoms with Gasteiger partial charge in [0.15, 0.2) is 0 Å². The van der Waals surface area contributed by atoms with Gasteiger partial charge >= 0.3 is 0 Å². The monoisotopic (exact) mass is 1010 g/mol. The lowest BCUT2D eigenvalue weighted by Gasteiger charge is -2.17. The number of hydrogen-bond donors (Lipinski definition) is 0. The van der Waals surface area contributed by atoms with Crippen LogP contribution in [0.2, 0.25) is 0 Å². The van der Waals surface area contributed by atoms with Gasteiger partial charge in [-0.25, -0.2) is 15.0 Å². The molecule has 0 aliphatic carbocycles. The topological polar surface area (TPSA) is 92.9 Å². The van der Waals surface area contributed by atoms with Gasteiger partial charge in [0.25, 0.3) is 0 Å². The van der Waals surface area contributed by atoms with E-state index in [2.05, 4.69) is 196 Å². The summed E-state index contributed by atoms with van der Waals surface area (Å²) in [4.78, 5) is 16.0. The molecule has 0 atom stereocenters. The molecule has 0 aliphatic rings. The molecule has 0 fully saturated rings. The molecule has 0 saturated heterocycles. The van der Waals surface area contributed by atoms with Crippen molar-refractivity contribution in [3.63, 3.8) is 0 Å². The molecule has 0 radical (unpaired) electrons. The SMILES string of the molecule is c1ccc2c(c1)oc1ccc3c(c4ccccc4n3-c3ccc(B(c4ccc(-n5c6ccccc6c6c7c(ccc65)oc5ccccc57)nc4)c4ccc(-n5c6ccccc6c6c7c(ccc65)oc5ccccc57)nc4)cn3)c12. The van der Waals surface area contributed by atoms with Crippen molar-refractivity contribution < 1.29 is 13.3 Å². The van der Waals surface area contributed by atoms with Crippen molar-refractivity contribution in [3.8, 4) is 17.5 Å². The van der Waals surface area contributed by atoms with E-state index in [-0.39, 0.29) is 6.71 Å². The van der Waals surface area contributed by atoms with Crippen LogP contribution in [0.4, 0.5) is 0 Å². The lowest BCUT2D eigenvalue weighted by molar-refractivity contribution is 0.669. The Morgan fingerprint density at radius 1 is 0.241 bits per heavy atom. The molecule has 0 spiro atoms. The van der Waals surface area contributed by atoms with Crippen LogP contribution in [0.1, 0.15) is 0 Å². The van der Waals surface area contributed by atoms with Crippen LogP contribution >= 0.6 is 0 Å². The van der Waals surface area contributed by atoms with Crippen LogP contribution in [0.3, 0.4) is 0 Å². The third-order valence-electron chi connectivity index (χ3n) is 16.5. The first-order valence-electron chi connectivity index (χ1n) is 26.6. The number of rotatable bonds is 6. The Labute approximate surface area is 448 Å². The fourth-order valence-electron chi connectivity index (χ4n) is 13.2. The summed E-state index contributed by atoms with van der Waals surface area (Å²) in [6.45, 7) is -0.273. The zero-order valence-corrected chi connectivity index (χ0v) is 42.0. The van der Waals surface area contributed by atoms with E-state index in [0.29, 0.717) is 0 Å². The number of benzene rings is 9. The minimum atomic E-state index is -0.273. The molecular formula is C69H39BN6O3. The summed E-state index contributed by atoms with van der Waals surface area (Å²) in [6, 6.07) is 76.4. The third kappa shape index (κ3) is 5.91. The second-order valence-corrected chi connectivity index (χ2v) is 20.6. The summed E-state index contributed by atoms with van der Waals surface area (Å²) < 4.78 is 26.0. The van der Waals surface area contributed by atoms with Crippen LogP contribution in [0.15, 0.2) is 250 Å². The Hall–Kier alpha value is -10.7. The van der Waals surface area contributed by atoms with Gasteiger partial charge in [0.05, 0.1) is 33.1 Å². The van der Waals surface area contributed by atoms with E-state index in [0.717, 1.165) is 165 Å². The molecule has 18 aromatic rings. The first-order chi connectivity index (χ1) is 39.2. The second kappa shape index (κ2) is 15.9. The molecule has 79 heavy (non-hydrogen) atoms. The summed E-state index contributed by atoms with van der Waals surface area (Å²) in [6.07, 6.45) is 6.07. The molecule has 9 aromatic heterocycles. The van der Waals surface area contributed by atoms with E-state index in [9.17, 15) is 0 Å². The number of pyridine rings is 3. The van der Waals surface area contributed by atoms with E-state index in [4.69, 9.17) is 28.2 Å². The van der Waals surface area contributed by atoms with Gasteiger partial charge in [-0.2, -0.15) is 0 Å². The van der Waals surface area contributed by atoms with E-state index in [1.807, 2.05) is 55.0 Å². The third-order valence-corrected chi connectivity index (χ3v) is 16.5. The van der Waals surface area contributed by atoms with Crippen molar-refractivity contribution in [1.82, 2.24) is 28.7 Å². The van der Waals surface area contributed by atoms with Gasteiger partial charge in [0.2, 0.25) is 6.71 Å². The maximum absolute atomic E-state index is 6.39.